The monoisotopic (exact) mass is 336 g/mol. The molecule has 0 spiro atoms. The molecule has 0 aliphatic rings. The van der Waals surface area contributed by atoms with E-state index >= 15 is 0 Å². The van der Waals surface area contributed by atoms with Gasteiger partial charge in [0, 0.05) is 13.3 Å². The average molecular weight is 336 g/mol. The second-order valence-electron chi connectivity index (χ2n) is 6.20. The summed E-state index contributed by atoms with van der Waals surface area (Å²) in [7, 11) is 0. The lowest BCUT2D eigenvalue weighted by atomic mass is 9.90. The number of esters is 2. The summed E-state index contributed by atoms with van der Waals surface area (Å²) in [6, 6.07) is 0. The Morgan fingerprint density at radius 1 is 1.13 bits per heavy atom. The van der Waals surface area contributed by atoms with E-state index in [4.69, 9.17) is 4.74 Å². The fourth-order valence-corrected chi connectivity index (χ4v) is 2.11. The molecule has 1 atom stereocenters. The highest BCUT2D eigenvalue weighted by atomic mass is 19.3. The Morgan fingerprint density at radius 2 is 1.70 bits per heavy atom. The lowest BCUT2D eigenvalue weighted by Gasteiger charge is -2.32. The minimum absolute atomic E-state index is 0.0404. The van der Waals surface area contributed by atoms with Gasteiger partial charge >= 0.3 is 11.9 Å². The molecule has 0 N–H and O–H groups in total. The van der Waals surface area contributed by atoms with Crippen LogP contribution in [0.15, 0.2) is 0 Å². The van der Waals surface area contributed by atoms with E-state index in [0.29, 0.717) is 39.0 Å². The molecule has 23 heavy (non-hydrogen) atoms. The molecule has 0 aromatic rings. The maximum atomic E-state index is 12.6. The Morgan fingerprint density at radius 3 is 2.13 bits per heavy atom. The molecule has 0 radical (unpaired) electrons. The SMILES string of the molecule is CCC(C)C(=O)OC(CC)(CC)CCCC(=O)OCC(C)(F)F. The van der Waals surface area contributed by atoms with Gasteiger partial charge in [-0.25, -0.2) is 8.78 Å². The molecule has 0 aliphatic heterocycles. The van der Waals surface area contributed by atoms with Gasteiger partial charge in [0.25, 0.3) is 5.92 Å². The lowest BCUT2D eigenvalue weighted by Crippen LogP contribution is -2.36. The van der Waals surface area contributed by atoms with Gasteiger partial charge in [0.2, 0.25) is 0 Å². The Hall–Kier alpha value is -1.20. The summed E-state index contributed by atoms with van der Waals surface area (Å²) in [6.45, 7) is 7.41. The molecule has 0 aromatic carbocycles. The van der Waals surface area contributed by atoms with Gasteiger partial charge in [-0.3, -0.25) is 9.59 Å². The van der Waals surface area contributed by atoms with Gasteiger partial charge in [0.15, 0.2) is 6.61 Å². The van der Waals surface area contributed by atoms with E-state index < -0.39 is 24.1 Å². The van der Waals surface area contributed by atoms with Crippen molar-refractivity contribution < 1.29 is 27.8 Å². The number of hydrogen-bond acceptors (Lipinski definition) is 4. The molecule has 0 saturated carbocycles. The highest BCUT2D eigenvalue weighted by Crippen LogP contribution is 2.29. The van der Waals surface area contributed by atoms with Crippen LogP contribution in [-0.4, -0.2) is 30.1 Å². The highest BCUT2D eigenvalue weighted by molar-refractivity contribution is 5.72. The maximum absolute atomic E-state index is 12.6. The van der Waals surface area contributed by atoms with Gasteiger partial charge in [-0.15, -0.1) is 0 Å². The van der Waals surface area contributed by atoms with Crippen LogP contribution in [0.5, 0.6) is 0 Å². The van der Waals surface area contributed by atoms with Crippen molar-refractivity contribution in [2.45, 2.75) is 84.7 Å². The van der Waals surface area contributed by atoms with E-state index in [0.717, 1.165) is 0 Å². The number of carbonyl (C=O) groups is 2. The number of alkyl halides is 2. The van der Waals surface area contributed by atoms with Crippen molar-refractivity contribution in [3.63, 3.8) is 0 Å². The molecule has 0 amide bonds. The van der Waals surface area contributed by atoms with E-state index in [1.54, 1.807) is 0 Å². The minimum atomic E-state index is -3.02. The fourth-order valence-electron chi connectivity index (χ4n) is 2.11. The van der Waals surface area contributed by atoms with E-state index in [1.165, 1.54) is 0 Å². The van der Waals surface area contributed by atoms with Crippen molar-refractivity contribution in [1.29, 1.82) is 0 Å². The standard InChI is InChI=1S/C17H30F2O4/c1-6-13(4)15(21)23-17(7-2,8-3)11-9-10-14(20)22-12-16(5,18)19/h13H,6-12H2,1-5H3. The number of carbonyl (C=O) groups excluding carboxylic acids is 2. The first-order valence-corrected chi connectivity index (χ1v) is 8.35. The van der Waals surface area contributed by atoms with Gasteiger partial charge in [-0.2, -0.15) is 0 Å². The van der Waals surface area contributed by atoms with Crippen LogP contribution in [0.3, 0.4) is 0 Å². The van der Waals surface area contributed by atoms with E-state index in [2.05, 4.69) is 4.74 Å². The predicted molar refractivity (Wildman–Crippen MR) is 84.3 cm³/mol. The van der Waals surface area contributed by atoms with E-state index in [9.17, 15) is 18.4 Å². The van der Waals surface area contributed by atoms with Crippen molar-refractivity contribution in [2.24, 2.45) is 5.92 Å². The molecule has 136 valence electrons. The van der Waals surface area contributed by atoms with Gasteiger partial charge < -0.3 is 9.47 Å². The normalized spacial score (nSPS) is 13.5. The molecule has 0 aromatic heterocycles. The lowest BCUT2D eigenvalue weighted by molar-refractivity contribution is -0.166. The van der Waals surface area contributed by atoms with E-state index in [1.807, 2.05) is 27.7 Å². The summed E-state index contributed by atoms with van der Waals surface area (Å²) < 4.78 is 35.4. The molecule has 0 fully saturated rings. The number of hydrogen-bond donors (Lipinski definition) is 0. The van der Waals surface area contributed by atoms with Crippen molar-refractivity contribution >= 4 is 11.9 Å². The molecule has 1 unspecified atom stereocenters. The van der Waals surface area contributed by atoms with Crippen molar-refractivity contribution in [3.8, 4) is 0 Å². The Balaban J connectivity index is 4.43. The van der Waals surface area contributed by atoms with Crippen LogP contribution >= 0.6 is 0 Å². The predicted octanol–water partition coefficient (Wildman–Crippen LogP) is 4.50. The topological polar surface area (TPSA) is 52.6 Å². The quantitative estimate of drug-likeness (QED) is 0.521. The zero-order valence-corrected chi connectivity index (χ0v) is 14.9. The van der Waals surface area contributed by atoms with Crippen LogP contribution < -0.4 is 0 Å². The highest BCUT2D eigenvalue weighted by Gasteiger charge is 2.32. The molecule has 0 rings (SSSR count). The molecule has 0 saturated heterocycles. The Labute approximate surface area is 137 Å². The first-order valence-electron chi connectivity index (χ1n) is 8.35. The van der Waals surface area contributed by atoms with Gasteiger partial charge in [0.1, 0.15) is 5.60 Å². The molecular formula is C17H30F2O4. The van der Waals surface area contributed by atoms with Crippen molar-refractivity contribution in [2.75, 3.05) is 6.61 Å². The fraction of sp³-hybridized carbons (Fsp3) is 0.882. The smallest absolute Gasteiger partial charge is 0.309 e. The third kappa shape index (κ3) is 8.86. The molecule has 0 heterocycles. The van der Waals surface area contributed by atoms with Crippen LogP contribution in [0.2, 0.25) is 0 Å². The largest absolute Gasteiger partial charge is 0.459 e. The molecule has 4 nitrogen and oxygen atoms in total. The summed E-state index contributed by atoms with van der Waals surface area (Å²) in [5, 5.41) is 0. The van der Waals surface area contributed by atoms with Crippen LogP contribution in [-0.2, 0) is 19.1 Å². The van der Waals surface area contributed by atoms with Gasteiger partial charge in [-0.1, -0.05) is 27.7 Å². The second kappa shape index (κ2) is 9.83. The van der Waals surface area contributed by atoms with Crippen molar-refractivity contribution in [3.05, 3.63) is 0 Å². The van der Waals surface area contributed by atoms with Crippen LogP contribution in [0.1, 0.15) is 73.1 Å². The number of halogens is 2. The zero-order chi connectivity index (χ0) is 18.1. The average Bonchev–Trinajstić information content (AvgIpc) is 2.50. The summed E-state index contributed by atoms with van der Waals surface area (Å²) in [5.41, 5.74) is -0.602. The van der Waals surface area contributed by atoms with Gasteiger partial charge in [-0.05, 0) is 32.1 Å². The Kier molecular flexibility index (Phi) is 9.32. The van der Waals surface area contributed by atoms with Gasteiger partial charge in [0.05, 0.1) is 5.92 Å². The van der Waals surface area contributed by atoms with E-state index in [-0.39, 0.29) is 18.3 Å². The second-order valence-corrected chi connectivity index (χ2v) is 6.20. The third-order valence-corrected chi connectivity index (χ3v) is 4.12. The summed E-state index contributed by atoms with van der Waals surface area (Å²) in [5.74, 6) is -4.06. The number of ether oxygens (including phenoxy) is 2. The minimum Gasteiger partial charge on any atom is -0.459 e. The van der Waals surface area contributed by atoms with Crippen LogP contribution in [0.25, 0.3) is 0 Å². The van der Waals surface area contributed by atoms with Crippen molar-refractivity contribution in [1.82, 2.24) is 0 Å². The zero-order valence-electron chi connectivity index (χ0n) is 14.9. The maximum Gasteiger partial charge on any atom is 0.309 e. The van der Waals surface area contributed by atoms with Crippen LogP contribution in [0, 0.1) is 5.92 Å². The Bertz CT molecular complexity index is 373. The summed E-state index contributed by atoms with van der Waals surface area (Å²) in [6.07, 6.45) is 2.99. The molecule has 0 bridgehead atoms. The first-order chi connectivity index (χ1) is 10.6. The molecule has 6 heteroatoms. The summed E-state index contributed by atoms with van der Waals surface area (Å²) >= 11 is 0. The number of rotatable bonds is 11. The first kappa shape index (κ1) is 21.8. The third-order valence-electron chi connectivity index (χ3n) is 4.12. The molecular weight excluding hydrogens is 306 g/mol. The van der Waals surface area contributed by atoms with Crippen LogP contribution in [0.4, 0.5) is 8.78 Å². The summed E-state index contributed by atoms with van der Waals surface area (Å²) in [4.78, 5) is 23.5. The molecule has 0 aliphatic carbocycles.